The fourth-order valence-corrected chi connectivity index (χ4v) is 1.88. The maximum absolute atomic E-state index is 9.65. The molecule has 0 aromatic heterocycles. The molecule has 1 unspecified atom stereocenters. The molecule has 1 aliphatic rings. The van der Waals surface area contributed by atoms with Crippen LogP contribution in [0.1, 0.15) is 12.8 Å². The fraction of sp³-hybridized carbons (Fsp3) is 1.00. The molecule has 0 aromatic carbocycles. The highest BCUT2D eigenvalue weighted by atomic mass is 79.9. The van der Waals surface area contributed by atoms with Crippen LogP contribution in [0, 0.1) is 0 Å². The van der Waals surface area contributed by atoms with Crippen molar-refractivity contribution in [3.63, 3.8) is 0 Å². The molecule has 0 amide bonds. The van der Waals surface area contributed by atoms with E-state index in [1.54, 1.807) is 0 Å². The van der Waals surface area contributed by atoms with E-state index in [-0.39, 0.29) is 0 Å². The van der Waals surface area contributed by atoms with E-state index in [0.29, 0.717) is 5.33 Å². The maximum Gasteiger partial charge on any atom is 0.128 e. The highest BCUT2D eigenvalue weighted by molar-refractivity contribution is 9.09. The van der Waals surface area contributed by atoms with Crippen LogP contribution in [0.3, 0.4) is 0 Å². The number of alkyl halides is 1. The number of aliphatic hydroxyl groups is 1. The number of nitrogens with zero attached hydrogens (tertiary/aromatic N) is 1. The molecule has 1 N–H and O–H groups in total. The van der Waals surface area contributed by atoms with Gasteiger partial charge in [0.05, 0.1) is 0 Å². The van der Waals surface area contributed by atoms with Crippen LogP contribution in [0.25, 0.3) is 0 Å². The largest absolute Gasteiger partial charge is 0.375 e. The summed E-state index contributed by atoms with van der Waals surface area (Å²) in [6.45, 7) is 1.02. The highest BCUT2D eigenvalue weighted by Gasteiger charge is 2.34. The first kappa shape index (κ1) is 7.51. The van der Waals surface area contributed by atoms with Gasteiger partial charge in [0, 0.05) is 11.9 Å². The summed E-state index contributed by atoms with van der Waals surface area (Å²) in [6, 6.07) is 0. The Balaban J connectivity index is 2.56. The lowest BCUT2D eigenvalue weighted by molar-refractivity contribution is -0.0436. The summed E-state index contributed by atoms with van der Waals surface area (Å²) < 4.78 is 0. The molecule has 0 aliphatic carbocycles. The predicted octanol–water partition coefficient (Wildman–Crippen LogP) is 0.796. The number of hydrogen-bond acceptors (Lipinski definition) is 2. The Morgan fingerprint density at radius 3 is 2.67 bits per heavy atom. The SMILES string of the molecule is CN1CCCC1(O)CBr. The van der Waals surface area contributed by atoms with E-state index in [4.69, 9.17) is 0 Å². The van der Waals surface area contributed by atoms with Gasteiger partial charge in [-0.1, -0.05) is 15.9 Å². The molecule has 0 saturated carbocycles. The molecule has 1 aliphatic heterocycles. The van der Waals surface area contributed by atoms with Gasteiger partial charge in [-0.25, -0.2) is 0 Å². The van der Waals surface area contributed by atoms with Crippen LogP contribution in [-0.2, 0) is 0 Å². The quantitative estimate of drug-likeness (QED) is 0.624. The molecular weight excluding hydrogens is 182 g/mol. The number of rotatable bonds is 1. The molecule has 0 spiro atoms. The molecule has 0 radical (unpaired) electrons. The maximum atomic E-state index is 9.65. The van der Waals surface area contributed by atoms with Gasteiger partial charge in [0.1, 0.15) is 5.72 Å². The Morgan fingerprint density at radius 1 is 1.78 bits per heavy atom. The van der Waals surface area contributed by atoms with E-state index in [9.17, 15) is 5.11 Å². The van der Waals surface area contributed by atoms with Crippen molar-refractivity contribution in [3.8, 4) is 0 Å². The van der Waals surface area contributed by atoms with Crippen molar-refractivity contribution in [1.29, 1.82) is 0 Å². The van der Waals surface area contributed by atoms with Crippen molar-refractivity contribution >= 4 is 15.9 Å². The Hall–Kier alpha value is 0.400. The van der Waals surface area contributed by atoms with Crippen LogP contribution in [0.4, 0.5) is 0 Å². The first-order valence-corrected chi connectivity index (χ1v) is 4.31. The van der Waals surface area contributed by atoms with E-state index in [1.165, 1.54) is 0 Å². The molecule has 1 saturated heterocycles. The van der Waals surface area contributed by atoms with Gasteiger partial charge in [-0.15, -0.1) is 0 Å². The van der Waals surface area contributed by atoms with Gasteiger partial charge in [-0.05, 0) is 19.9 Å². The summed E-state index contributed by atoms with van der Waals surface area (Å²) >= 11 is 3.28. The van der Waals surface area contributed by atoms with Crippen LogP contribution in [0.2, 0.25) is 0 Å². The lowest BCUT2D eigenvalue weighted by Gasteiger charge is -2.27. The Bertz CT molecular complexity index is 109. The first-order valence-electron chi connectivity index (χ1n) is 3.19. The van der Waals surface area contributed by atoms with Crippen molar-refractivity contribution in [3.05, 3.63) is 0 Å². The molecule has 2 nitrogen and oxygen atoms in total. The third-order valence-electron chi connectivity index (χ3n) is 2.00. The second-order valence-electron chi connectivity index (χ2n) is 2.64. The lowest BCUT2D eigenvalue weighted by Crippen LogP contribution is -2.42. The summed E-state index contributed by atoms with van der Waals surface area (Å²) in [4.78, 5) is 1.99. The van der Waals surface area contributed by atoms with Crippen LogP contribution < -0.4 is 0 Å². The normalized spacial score (nSPS) is 37.7. The van der Waals surface area contributed by atoms with E-state index in [0.717, 1.165) is 19.4 Å². The van der Waals surface area contributed by atoms with E-state index in [2.05, 4.69) is 15.9 Å². The van der Waals surface area contributed by atoms with Crippen LogP contribution >= 0.6 is 15.9 Å². The summed E-state index contributed by atoms with van der Waals surface area (Å²) in [5.41, 5.74) is -0.556. The molecule has 1 atom stereocenters. The number of likely N-dealkylation sites (tertiary alicyclic amines) is 1. The highest BCUT2D eigenvalue weighted by Crippen LogP contribution is 2.26. The van der Waals surface area contributed by atoms with Gasteiger partial charge in [0.2, 0.25) is 0 Å². The summed E-state index contributed by atoms with van der Waals surface area (Å²) in [6.07, 6.45) is 2.01. The molecule has 1 heterocycles. The fourth-order valence-electron chi connectivity index (χ4n) is 1.17. The molecular formula is C6H12BrNO. The zero-order valence-electron chi connectivity index (χ0n) is 5.60. The minimum absolute atomic E-state index is 0.556. The van der Waals surface area contributed by atoms with E-state index < -0.39 is 5.72 Å². The van der Waals surface area contributed by atoms with Crippen molar-refractivity contribution in [2.75, 3.05) is 18.9 Å². The molecule has 54 valence electrons. The predicted molar refractivity (Wildman–Crippen MR) is 40.6 cm³/mol. The summed E-state index contributed by atoms with van der Waals surface area (Å²) in [5.74, 6) is 0. The Kier molecular flexibility index (Phi) is 2.14. The van der Waals surface area contributed by atoms with E-state index in [1.807, 2.05) is 11.9 Å². The second kappa shape index (κ2) is 2.56. The van der Waals surface area contributed by atoms with Crippen molar-refractivity contribution in [1.82, 2.24) is 4.90 Å². The molecule has 3 heteroatoms. The Labute approximate surface area is 64.0 Å². The standard InChI is InChI=1S/C6H12BrNO/c1-8-4-2-3-6(8,9)5-7/h9H,2-5H2,1H3. The molecule has 1 fully saturated rings. The van der Waals surface area contributed by atoms with Crippen molar-refractivity contribution < 1.29 is 5.11 Å². The van der Waals surface area contributed by atoms with Crippen LogP contribution in [-0.4, -0.2) is 34.7 Å². The summed E-state index contributed by atoms with van der Waals surface area (Å²) in [5, 5.41) is 10.3. The smallest absolute Gasteiger partial charge is 0.128 e. The van der Waals surface area contributed by atoms with Gasteiger partial charge < -0.3 is 5.11 Å². The van der Waals surface area contributed by atoms with Crippen LogP contribution in [0.5, 0.6) is 0 Å². The second-order valence-corrected chi connectivity index (χ2v) is 3.20. The summed E-state index contributed by atoms with van der Waals surface area (Å²) in [7, 11) is 1.95. The minimum atomic E-state index is -0.556. The third-order valence-corrected chi connectivity index (χ3v) is 2.89. The zero-order chi connectivity index (χ0) is 6.91. The monoisotopic (exact) mass is 193 g/mol. The number of hydrogen-bond donors (Lipinski definition) is 1. The van der Waals surface area contributed by atoms with E-state index >= 15 is 0 Å². The average Bonchev–Trinajstić information content (AvgIpc) is 2.15. The number of halogens is 1. The van der Waals surface area contributed by atoms with Gasteiger partial charge in [0.25, 0.3) is 0 Å². The first-order chi connectivity index (χ1) is 4.19. The van der Waals surface area contributed by atoms with Gasteiger partial charge in [-0.3, -0.25) is 4.90 Å². The Morgan fingerprint density at radius 2 is 2.44 bits per heavy atom. The van der Waals surface area contributed by atoms with Crippen LogP contribution in [0.15, 0.2) is 0 Å². The van der Waals surface area contributed by atoms with Gasteiger partial charge in [-0.2, -0.15) is 0 Å². The van der Waals surface area contributed by atoms with Crippen molar-refractivity contribution in [2.24, 2.45) is 0 Å². The molecule has 0 bridgehead atoms. The molecule has 0 aromatic rings. The topological polar surface area (TPSA) is 23.5 Å². The average molecular weight is 194 g/mol. The third kappa shape index (κ3) is 1.28. The van der Waals surface area contributed by atoms with Gasteiger partial charge in [0.15, 0.2) is 0 Å². The van der Waals surface area contributed by atoms with Gasteiger partial charge >= 0.3 is 0 Å². The molecule has 9 heavy (non-hydrogen) atoms. The lowest BCUT2D eigenvalue weighted by atomic mass is 10.2. The van der Waals surface area contributed by atoms with Crippen molar-refractivity contribution in [2.45, 2.75) is 18.6 Å². The molecule has 1 rings (SSSR count). The minimum Gasteiger partial charge on any atom is -0.375 e. The zero-order valence-corrected chi connectivity index (χ0v) is 7.19.